The van der Waals surface area contributed by atoms with Crippen molar-refractivity contribution in [2.75, 3.05) is 13.2 Å². The molecule has 0 fully saturated rings. The second-order valence-corrected chi connectivity index (χ2v) is 8.67. The van der Waals surface area contributed by atoms with Gasteiger partial charge in [0.2, 0.25) is 0 Å². The minimum atomic E-state index is -0.355. The lowest BCUT2D eigenvalue weighted by molar-refractivity contribution is 0.0512. The molecule has 0 radical (unpaired) electrons. The summed E-state index contributed by atoms with van der Waals surface area (Å²) in [6, 6.07) is 12.6. The summed E-state index contributed by atoms with van der Waals surface area (Å²) in [7, 11) is 0. The Labute approximate surface area is 176 Å². The van der Waals surface area contributed by atoms with Crippen molar-refractivity contribution in [1.82, 2.24) is 10.6 Å². The van der Waals surface area contributed by atoms with Gasteiger partial charge in [-0.15, -0.1) is 0 Å². The summed E-state index contributed by atoms with van der Waals surface area (Å²) < 4.78 is 19.1. The number of hydrogen-bond donors (Lipinski definition) is 2. The molecular formula is C23H27FN2O2S. The van der Waals surface area contributed by atoms with Gasteiger partial charge < -0.3 is 15.4 Å². The van der Waals surface area contributed by atoms with Gasteiger partial charge in [-0.1, -0.05) is 45.0 Å². The van der Waals surface area contributed by atoms with Crippen LogP contribution in [0.3, 0.4) is 0 Å². The monoisotopic (exact) mass is 414 g/mol. The van der Waals surface area contributed by atoms with Crippen molar-refractivity contribution in [3.05, 3.63) is 70.5 Å². The smallest absolute Gasteiger partial charge is 0.338 e. The quantitative estimate of drug-likeness (QED) is 0.431. The maximum absolute atomic E-state index is 13.8. The fraction of sp³-hybridized carbons (Fsp3) is 0.391. The van der Waals surface area contributed by atoms with Crippen LogP contribution in [0.4, 0.5) is 4.39 Å². The summed E-state index contributed by atoms with van der Waals surface area (Å²) in [5, 5.41) is 6.73. The molecule has 2 aromatic rings. The fourth-order valence-corrected chi connectivity index (χ4v) is 3.71. The summed E-state index contributed by atoms with van der Waals surface area (Å²) in [5.41, 5.74) is 3.46. The first-order valence-corrected chi connectivity index (χ1v) is 10.3. The number of carbonyl (C=O) groups excluding carboxylic acids is 1. The molecule has 0 amide bonds. The molecule has 0 spiro atoms. The number of halogens is 1. The maximum atomic E-state index is 13.8. The van der Waals surface area contributed by atoms with Crippen molar-refractivity contribution in [2.24, 2.45) is 0 Å². The Hall–Kier alpha value is -2.47. The van der Waals surface area contributed by atoms with E-state index in [4.69, 9.17) is 17.0 Å². The van der Waals surface area contributed by atoms with Crippen LogP contribution in [0.15, 0.2) is 42.5 Å². The first kappa shape index (κ1) is 21.2. The minimum Gasteiger partial charge on any atom is -0.460 e. The molecule has 3 rings (SSSR count). The number of rotatable bonds is 5. The van der Waals surface area contributed by atoms with Crippen molar-refractivity contribution in [3.8, 4) is 0 Å². The highest BCUT2D eigenvalue weighted by molar-refractivity contribution is 7.80. The van der Waals surface area contributed by atoms with Gasteiger partial charge >= 0.3 is 5.97 Å². The summed E-state index contributed by atoms with van der Waals surface area (Å²) >= 11 is 5.32. The number of esters is 1. The lowest BCUT2D eigenvalue weighted by atomic mass is 9.87. The Morgan fingerprint density at radius 1 is 1.21 bits per heavy atom. The standard InChI is InChI=1S/C23H27FN2O2S/c1-23(2,3)16-9-7-15(8-10-16)21(27)28-14-13-25-22(29)26-20-12-11-17-18(20)5-4-6-19(17)24/h4-10,20H,11-14H2,1-3H3,(H2,25,26,29). The Morgan fingerprint density at radius 3 is 2.62 bits per heavy atom. The third kappa shape index (κ3) is 5.32. The van der Waals surface area contributed by atoms with E-state index in [2.05, 4.69) is 31.4 Å². The molecule has 0 bridgehead atoms. The number of carbonyl (C=O) groups is 1. The number of ether oxygens (including phenoxy) is 1. The second-order valence-electron chi connectivity index (χ2n) is 8.26. The minimum absolute atomic E-state index is 0.00424. The Kier molecular flexibility index (Phi) is 6.52. The summed E-state index contributed by atoms with van der Waals surface area (Å²) in [4.78, 5) is 12.2. The topological polar surface area (TPSA) is 50.4 Å². The highest BCUT2D eigenvalue weighted by Crippen LogP contribution is 2.32. The Balaban J connectivity index is 1.41. The average Bonchev–Trinajstić information content (AvgIpc) is 3.08. The largest absolute Gasteiger partial charge is 0.460 e. The van der Waals surface area contributed by atoms with E-state index in [1.54, 1.807) is 18.2 Å². The molecule has 0 aromatic heterocycles. The van der Waals surface area contributed by atoms with Crippen LogP contribution < -0.4 is 10.6 Å². The first-order valence-electron chi connectivity index (χ1n) is 9.85. The molecule has 1 aliphatic carbocycles. The van der Waals surface area contributed by atoms with Crippen molar-refractivity contribution < 1.29 is 13.9 Å². The zero-order chi connectivity index (χ0) is 21.0. The highest BCUT2D eigenvalue weighted by atomic mass is 32.1. The van der Waals surface area contributed by atoms with E-state index in [-0.39, 0.29) is 29.9 Å². The molecule has 2 N–H and O–H groups in total. The Morgan fingerprint density at radius 2 is 1.93 bits per heavy atom. The first-order chi connectivity index (χ1) is 13.8. The van der Waals surface area contributed by atoms with Crippen molar-refractivity contribution >= 4 is 23.3 Å². The van der Waals surface area contributed by atoms with Crippen LogP contribution in [0.1, 0.15) is 60.3 Å². The number of nitrogens with one attached hydrogen (secondary N) is 2. The van der Waals surface area contributed by atoms with Crippen molar-refractivity contribution in [1.29, 1.82) is 0 Å². The van der Waals surface area contributed by atoms with Gasteiger partial charge in [0.1, 0.15) is 12.4 Å². The van der Waals surface area contributed by atoms with E-state index < -0.39 is 0 Å². The van der Waals surface area contributed by atoms with Crippen LogP contribution >= 0.6 is 12.2 Å². The third-order valence-electron chi connectivity index (χ3n) is 5.13. The van der Waals surface area contributed by atoms with Crippen LogP contribution in [-0.2, 0) is 16.6 Å². The lowest BCUT2D eigenvalue weighted by Gasteiger charge is -2.19. The van der Waals surface area contributed by atoms with Gasteiger partial charge in [-0.3, -0.25) is 0 Å². The van der Waals surface area contributed by atoms with Gasteiger partial charge in [0.25, 0.3) is 0 Å². The Bertz CT molecular complexity index is 891. The van der Waals surface area contributed by atoms with Gasteiger partial charge in [0.15, 0.2) is 5.11 Å². The summed E-state index contributed by atoms with van der Waals surface area (Å²) in [6.07, 6.45) is 1.51. The fourth-order valence-electron chi connectivity index (χ4n) is 3.47. The van der Waals surface area contributed by atoms with E-state index in [1.165, 1.54) is 11.6 Å². The van der Waals surface area contributed by atoms with Crippen LogP contribution in [0, 0.1) is 5.82 Å². The van der Waals surface area contributed by atoms with Crippen LogP contribution in [-0.4, -0.2) is 24.2 Å². The number of thiocarbonyl (C=S) groups is 1. The van der Waals surface area contributed by atoms with Crippen molar-refractivity contribution in [2.45, 2.75) is 45.1 Å². The van der Waals surface area contributed by atoms with Gasteiger partial charge in [-0.25, -0.2) is 9.18 Å². The molecule has 1 aliphatic rings. The maximum Gasteiger partial charge on any atom is 0.338 e. The van der Waals surface area contributed by atoms with Crippen molar-refractivity contribution in [3.63, 3.8) is 0 Å². The number of benzene rings is 2. The molecule has 0 saturated carbocycles. The van der Waals surface area contributed by atoms with Crippen LogP contribution in [0.5, 0.6) is 0 Å². The number of hydrogen-bond acceptors (Lipinski definition) is 3. The molecule has 2 aromatic carbocycles. The lowest BCUT2D eigenvalue weighted by Crippen LogP contribution is -2.38. The average molecular weight is 415 g/mol. The molecule has 0 saturated heterocycles. The predicted molar refractivity (Wildman–Crippen MR) is 117 cm³/mol. The zero-order valence-corrected chi connectivity index (χ0v) is 17.9. The van der Waals surface area contributed by atoms with E-state index in [0.29, 0.717) is 23.6 Å². The van der Waals surface area contributed by atoms with E-state index in [1.807, 2.05) is 18.2 Å². The zero-order valence-electron chi connectivity index (χ0n) is 17.0. The van der Waals surface area contributed by atoms with E-state index >= 15 is 0 Å². The molecular weight excluding hydrogens is 387 g/mol. The van der Waals surface area contributed by atoms with E-state index in [9.17, 15) is 9.18 Å². The van der Waals surface area contributed by atoms with Gasteiger partial charge in [-0.05, 0) is 65.4 Å². The molecule has 6 heteroatoms. The molecule has 29 heavy (non-hydrogen) atoms. The molecule has 1 unspecified atom stereocenters. The van der Waals surface area contributed by atoms with Gasteiger partial charge in [0, 0.05) is 0 Å². The molecule has 1 atom stereocenters. The third-order valence-corrected chi connectivity index (χ3v) is 5.39. The molecule has 0 aliphatic heterocycles. The summed E-state index contributed by atoms with van der Waals surface area (Å²) in [5.74, 6) is -0.514. The van der Waals surface area contributed by atoms with E-state index in [0.717, 1.165) is 17.5 Å². The SMILES string of the molecule is CC(C)(C)c1ccc(C(=O)OCCNC(=S)NC2CCc3c(F)cccc32)cc1. The van der Waals surface area contributed by atoms with Crippen LogP contribution in [0.2, 0.25) is 0 Å². The van der Waals surface area contributed by atoms with Gasteiger partial charge in [0.05, 0.1) is 18.2 Å². The number of fused-ring (bicyclic) bond motifs is 1. The predicted octanol–water partition coefficient (Wildman–Crippen LogP) is 4.43. The second kappa shape index (κ2) is 8.91. The highest BCUT2D eigenvalue weighted by Gasteiger charge is 2.25. The molecule has 4 nitrogen and oxygen atoms in total. The normalized spacial score (nSPS) is 15.5. The molecule has 0 heterocycles. The van der Waals surface area contributed by atoms with Crippen LogP contribution in [0.25, 0.3) is 0 Å². The van der Waals surface area contributed by atoms with Gasteiger partial charge in [-0.2, -0.15) is 0 Å². The molecule has 154 valence electrons. The summed E-state index contributed by atoms with van der Waals surface area (Å²) in [6.45, 7) is 6.99.